The quantitative estimate of drug-likeness (QED) is 0.607. The molecule has 0 aromatic carbocycles. The van der Waals surface area contributed by atoms with Crippen LogP contribution in [0.5, 0.6) is 0 Å². The smallest absolute Gasteiger partial charge is 0.216 e. The van der Waals surface area contributed by atoms with Gasteiger partial charge in [-0.05, 0) is 12.3 Å². The van der Waals surface area contributed by atoms with Crippen LogP contribution in [0.25, 0.3) is 0 Å². The first-order chi connectivity index (χ1) is 6.06. The molecule has 1 heterocycles. The molecule has 1 aliphatic heterocycles. The van der Waals surface area contributed by atoms with Gasteiger partial charge < -0.3 is 32.2 Å². The number of carbonyl (C=O) groups is 1. The van der Waals surface area contributed by atoms with Gasteiger partial charge in [-0.15, -0.1) is 0 Å². The third kappa shape index (κ3) is 24.5. The van der Waals surface area contributed by atoms with Gasteiger partial charge in [0.05, 0.1) is 6.61 Å². The van der Waals surface area contributed by atoms with Gasteiger partial charge in [-0.3, -0.25) is 4.79 Å². The third-order valence-electron chi connectivity index (χ3n) is 1.79. The molecular formula is C11H38N2O5. The van der Waals surface area contributed by atoms with Crippen molar-refractivity contribution in [1.82, 2.24) is 5.32 Å². The second kappa shape index (κ2) is 21.5. The molecule has 0 radical (unpaired) electrons. The molecular weight excluding hydrogens is 240 g/mol. The van der Waals surface area contributed by atoms with E-state index in [9.17, 15) is 4.79 Å². The van der Waals surface area contributed by atoms with Crippen molar-refractivity contribution in [1.29, 1.82) is 0 Å². The number of nitrogens with two attached hydrogens (primary N) is 1. The van der Waals surface area contributed by atoms with Crippen molar-refractivity contribution >= 4 is 5.91 Å². The highest BCUT2D eigenvalue weighted by Gasteiger charge is 2.14. The Hall–Kier alpha value is -0.730. The zero-order valence-corrected chi connectivity index (χ0v) is 10.2. The number of amides is 1. The van der Waals surface area contributed by atoms with Crippen molar-refractivity contribution in [2.24, 2.45) is 11.7 Å². The van der Waals surface area contributed by atoms with E-state index in [0.717, 1.165) is 19.6 Å². The number of ether oxygens (including phenoxy) is 1. The van der Waals surface area contributed by atoms with Crippen LogP contribution in [-0.2, 0) is 9.53 Å². The van der Waals surface area contributed by atoms with E-state index < -0.39 is 0 Å². The molecule has 0 spiro atoms. The fourth-order valence-corrected chi connectivity index (χ4v) is 1.07. The lowest BCUT2D eigenvalue weighted by molar-refractivity contribution is -0.118. The number of hydrogen-bond acceptors (Lipinski definition) is 3. The van der Waals surface area contributed by atoms with Crippen LogP contribution < -0.4 is 11.1 Å². The standard InChI is InChI=1S/C6H13NO.C3H7NO.2CH4.3H2O.2H2/c1-5-2-6(7)4-8-3-5;1-3(5)4-2;;;;;;;/h5-6H,2-4,7H2,1H3;1-2H3,(H,4,5);2*1H4;3*1H2;2*1H/t5-,6?;;;;;;;;/m0......../s1. The highest BCUT2D eigenvalue weighted by atomic mass is 16.5. The van der Waals surface area contributed by atoms with Gasteiger partial charge in [0.2, 0.25) is 5.91 Å². The third-order valence-corrected chi connectivity index (χ3v) is 1.79. The van der Waals surface area contributed by atoms with Crippen molar-refractivity contribution in [3.63, 3.8) is 0 Å². The fourth-order valence-electron chi connectivity index (χ4n) is 1.07. The maximum absolute atomic E-state index is 9.70. The van der Waals surface area contributed by atoms with Crippen molar-refractivity contribution in [3.05, 3.63) is 0 Å². The first-order valence-corrected chi connectivity index (χ1v) is 4.58. The molecule has 1 rings (SSSR count). The summed E-state index contributed by atoms with van der Waals surface area (Å²) < 4.78 is 5.17. The van der Waals surface area contributed by atoms with Crippen LogP contribution in [0, 0.1) is 5.92 Å². The number of rotatable bonds is 0. The van der Waals surface area contributed by atoms with Crippen molar-refractivity contribution < 1.29 is 28.8 Å². The molecule has 122 valence electrons. The molecule has 1 saturated heterocycles. The first-order valence-electron chi connectivity index (χ1n) is 4.58. The Labute approximate surface area is 114 Å². The lowest BCUT2D eigenvalue weighted by Crippen LogP contribution is -2.34. The average molecular weight is 278 g/mol. The predicted octanol–water partition coefficient (Wildman–Crippen LogP) is -0.587. The Balaban J connectivity index is -0.0000000187. The van der Waals surface area contributed by atoms with E-state index >= 15 is 0 Å². The van der Waals surface area contributed by atoms with Crippen LogP contribution in [0.15, 0.2) is 0 Å². The SMILES string of the molecule is C.C.CNC(C)=O.C[C@@H]1COCC(N)C1.O.O.O.[HH].[HH]. The highest BCUT2D eigenvalue weighted by Crippen LogP contribution is 2.10. The summed E-state index contributed by atoms with van der Waals surface area (Å²) in [6.45, 7) is 5.29. The van der Waals surface area contributed by atoms with Gasteiger partial charge in [-0.25, -0.2) is 0 Å². The average Bonchev–Trinajstić information content (AvgIpc) is 2.05. The number of nitrogens with one attached hydrogen (secondary N) is 1. The molecule has 0 saturated carbocycles. The van der Waals surface area contributed by atoms with Gasteiger partial charge in [-0.2, -0.15) is 0 Å². The Morgan fingerprint density at radius 2 is 1.67 bits per heavy atom. The molecule has 0 aromatic heterocycles. The highest BCUT2D eigenvalue weighted by molar-refractivity contribution is 5.72. The molecule has 0 aromatic rings. The number of carbonyl (C=O) groups excluding carboxylic acids is 1. The van der Waals surface area contributed by atoms with Gasteiger partial charge in [-0.1, -0.05) is 21.8 Å². The topological polar surface area (TPSA) is 159 Å². The summed E-state index contributed by atoms with van der Waals surface area (Å²) in [5.74, 6) is 0.670. The van der Waals surface area contributed by atoms with Crippen LogP contribution in [0.4, 0.5) is 0 Å². The zero-order valence-electron chi connectivity index (χ0n) is 10.2. The van der Waals surface area contributed by atoms with Gasteiger partial charge in [0.15, 0.2) is 0 Å². The van der Waals surface area contributed by atoms with Crippen LogP contribution in [0.1, 0.15) is 38.0 Å². The Morgan fingerprint density at radius 3 is 1.83 bits per heavy atom. The molecule has 7 nitrogen and oxygen atoms in total. The first kappa shape index (κ1) is 36.0. The molecule has 18 heavy (non-hydrogen) atoms. The van der Waals surface area contributed by atoms with E-state index in [4.69, 9.17) is 10.5 Å². The van der Waals surface area contributed by atoms with E-state index in [1.807, 2.05) is 0 Å². The zero-order chi connectivity index (χ0) is 10.3. The lowest BCUT2D eigenvalue weighted by Gasteiger charge is -2.23. The van der Waals surface area contributed by atoms with Gasteiger partial charge in [0, 0.05) is 29.5 Å². The van der Waals surface area contributed by atoms with Crippen LogP contribution >= 0.6 is 0 Å². The van der Waals surface area contributed by atoms with Gasteiger partial charge in [0.1, 0.15) is 0 Å². The molecule has 0 bridgehead atoms. The summed E-state index contributed by atoms with van der Waals surface area (Å²) in [6, 6.07) is 0.291. The predicted molar refractivity (Wildman–Crippen MR) is 80.8 cm³/mol. The van der Waals surface area contributed by atoms with Crippen LogP contribution in [0.3, 0.4) is 0 Å². The molecule has 0 aliphatic carbocycles. The van der Waals surface area contributed by atoms with E-state index in [-0.39, 0.29) is 40.0 Å². The van der Waals surface area contributed by atoms with Crippen LogP contribution in [0.2, 0.25) is 0 Å². The summed E-state index contributed by atoms with van der Waals surface area (Å²) in [5, 5.41) is 2.39. The molecule has 7 heteroatoms. The fraction of sp³-hybridized carbons (Fsp3) is 0.909. The molecule has 2 atom stereocenters. The van der Waals surface area contributed by atoms with E-state index in [0.29, 0.717) is 12.0 Å². The summed E-state index contributed by atoms with van der Waals surface area (Å²) in [7, 11) is 1.60. The monoisotopic (exact) mass is 278 g/mol. The van der Waals surface area contributed by atoms with E-state index in [2.05, 4.69) is 12.2 Å². The Morgan fingerprint density at radius 1 is 1.28 bits per heavy atom. The summed E-state index contributed by atoms with van der Waals surface area (Å²) in [6.07, 6.45) is 1.12. The van der Waals surface area contributed by atoms with Crippen molar-refractivity contribution in [2.75, 3.05) is 20.3 Å². The molecule has 1 unspecified atom stereocenters. The van der Waals surface area contributed by atoms with Crippen LogP contribution in [-0.4, -0.2) is 48.6 Å². The van der Waals surface area contributed by atoms with Gasteiger partial charge >= 0.3 is 0 Å². The maximum Gasteiger partial charge on any atom is 0.216 e. The van der Waals surface area contributed by atoms with Gasteiger partial charge in [0.25, 0.3) is 0 Å². The van der Waals surface area contributed by atoms with E-state index in [1.165, 1.54) is 6.92 Å². The minimum absolute atomic E-state index is 0. The van der Waals surface area contributed by atoms with E-state index in [1.54, 1.807) is 7.05 Å². The lowest BCUT2D eigenvalue weighted by atomic mass is 10.0. The molecule has 1 aliphatic rings. The molecule has 9 N–H and O–H groups in total. The summed E-state index contributed by atoms with van der Waals surface area (Å²) >= 11 is 0. The number of hydrogen-bond donors (Lipinski definition) is 2. The van der Waals surface area contributed by atoms with Crippen molar-refractivity contribution in [2.45, 2.75) is 41.2 Å². The Kier molecular flexibility index (Phi) is 43.1. The summed E-state index contributed by atoms with van der Waals surface area (Å²) in [5.41, 5.74) is 5.60. The maximum atomic E-state index is 9.70. The second-order valence-corrected chi connectivity index (χ2v) is 3.44. The second-order valence-electron chi connectivity index (χ2n) is 3.44. The minimum Gasteiger partial charge on any atom is -0.412 e. The Bertz CT molecular complexity index is 160. The summed E-state index contributed by atoms with van der Waals surface area (Å²) in [4.78, 5) is 9.70. The largest absolute Gasteiger partial charge is 0.412 e. The molecule has 1 amide bonds. The normalized spacial score (nSPS) is 19.6. The minimum atomic E-state index is 0. The van der Waals surface area contributed by atoms with Crippen molar-refractivity contribution in [3.8, 4) is 0 Å². The molecule has 1 fully saturated rings.